The van der Waals surface area contributed by atoms with E-state index in [1.807, 2.05) is 19.2 Å². The Morgan fingerprint density at radius 3 is 2.28 bits per heavy atom. The average Bonchev–Trinajstić information content (AvgIpc) is 3.17. The van der Waals surface area contributed by atoms with Crippen LogP contribution in [0.2, 0.25) is 0 Å². The minimum atomic E-state index is -0.781. The smallest absolute Gasteiger partial charge is 0.329 e. The van der Waals surface area contributed by atoms with Gasteiger partial charge in [0, 0.05) is 5.54 Å². The van der Waals surface area contributed by atoms with Gasteiger partial charge in [0.2, 0.25) is 0 Å². The molecule has 1 aromatic heterocycles. The van der Waals surface area contributed by atoms with Crippen molar-refractivity contribution < 1.29 is 19.1 Å². The molecular weight excluding hydrogens is 388 g/mol. The highest BCUT2D eigenvalue weighted by Crippen LogP contribution is 2.55. The second-order valence-electron chi connectivity index (χ2n) is 9.53. The van der Waals surface area contributed by atoms with Crippen molar-refractivity contribution in [2.75, 3.05) is 6.61 Å². The lowest BCUT2D eigenvalue weighted by Crippen LogP contribution is -2.60. The Bertz CT molecular complexity index is 739. The average molecular weight is 419 g/mol. The van der Waals surface area contributed by atoms with E-state index in [9.17, 15) is 14.4 Å². The van der Waals surface area contributed by atoms with Crippen LogP contribution < -0.4 is 10.6 Å². The first-order chi connectivity index (χ1) is 13.8. The van der Waals surface area contributed by atoms with Crippen LogP contribution in [0.4, 0.5) is 0 Å². The minimum absolute atomic E-state index is 0.0942. The summed E-state index contributed by atoms with van der Waals surface area (Å²) in [7, 11) is 0. The van der Waals surface area contributed by atoms with Crippen LogP contribution in [0.1, 0.15) is 62.0 Å². The van der Waals surface area contributed by atoms with Crippen LogP contribution in [-0.2, 0) is 14.3 Å². The third-order valence-corrected chi connectivity index (χ3v) is 7.61. The number of carbonyl (C=O) groups is 3. The lowest BCUT2D eigenvalue weighted by atomic mass is 9.53. The fraction of sp³-hybridized carbons (Fsp3) is 0.682. The number of hydrogen-bond acceptors (Lipinski definition) is 5. The predicted molar refractivity (Wildman–Crippen MR) is 110 cm³/mol. The number of carbonyl (C=O) groups excluding carboxylic acids is 3. The molecule has 0 spiro atoms. The molecule has 4 bridgehead atoms. The predicted octanol–water partition coefficient (Wildman–Crippen LogP) is 3.13. The molecule has 29 heavy (non-hydrogen) atoms. The van der Waals surface area contributed by atoms with Crippen LogP contribution in [0.5, 0.6) is 0 Å². The van der Waals surface area contributed by atoms with Gasteiger partial charge in [-0.05, 0) is 73.6 Å². The van der Waals surface area contributed by atoms with Gasteiger partial charge in [0.15, 0.2) is 6.61 Å². The van der Waals surface area contributed by atoms with Crippen molar-refractivity contribution in [2.45, 2.75) is 64.0 Å². The molecule has 7 heteroatoms. The van der Waals surface area contributed by atoms with Gasteiger partial charge in [-0.25, -0.2) is 4.79 Å². The van der Waals surface area contributed by atoms with Crippen LogP contribution in [0.25, 0.3) is 0 Å². The first-order valence-electron chi connectivity index (χ1n) is 10.7. The fourth-order valence-electron chi connectivity index (χ4n) is 5.94. The van der Waals surface area contributed by atoms with Crippen LogP contribution in [0.3, 0.4) is 0 Å². The Hall–Kier alpha value is -1.89. The van der Waals surface area contributed by atoms with Gasteiger partial charge >= 0.3 is 5.97 Å². The topological polar surface area (TPSA) is 84.5 Å². The Labute approximate surface area is 175 Å². The van der Waals surface area contributed by atoms with Gasteiger partial charge in [0.05, 0.1) is 4.88 Å². The summed E-state index contributed by atoms with van der Waals surface area (Å²) in [4.78, 5) is 37.9. The molecule has 4 fully saturated rings. The summed E-state index contributed by atoms with van der Waals surface area (Å²) in [6.07, 6.45) is 7.11. The Morgan fingerprint density at radius 2 is 1.76 bits per heavy atom. The number of rotatable bonds is 7. The summed E-state index contributed by atoms with van der Waals surface area (Å²) in [6.45, 7) is 3.39. The molecule has 0 aromatic carbocycles. The van der Waals surface area contributed by atoms with Crippen molar-refractivity contribution in [3.05, 3.63) is 22.4 Å². The Balaban J connectivity index is 1.29. The minimum Gasteiger partial charge on any atom is -0.454 e. The second-order valence-corrected chi connectivity index (χ2v) is 10.5. The van der Waals surface area contributed by atoms with Crippen LogP contribution in [0, 0.1) is 23.7 Å². The fourth-order valence-corrected chi connectivity index (χ4v) is 6.57. The van der Waals surface area contributed by atoms with E-state index in [-0.39, 0.29) is 29.9 Å². The third kappa shape index (κ3) is 4.49. The molecule has 0 saturated heterocycles. The largest absolute Gasteiger partial charge is 0.454 e. The van der Waals surface area contributed by atoms with Gasteiger partial charge in [-0.1, -0.05) is 19.9 Å². The van der Waals surface area contributed by atoms with Crippen molar-refractivity contribution in [3.8, 4) is 0 Å². The lowest BCUT2D eigenvalue weighted by Gasteiger charge is -2.56. The summed E-state index contributed by atoms with van der Waals surface area (Å²) >= 11 is 1.32. The van der Waals surface area contributed by atoms with E-state index in [0.29, 0.717) is 4.88 Å². The standard InChI is InChI=1S/C22H30N2O4S/c1-13(2)19(23-20(26)17-4-3-5-29-17)21(27)28-12-18(25)24-22-9-14-6-15(10-22)8-16(7-14)11-22/h3-5,13-16,19H,6-12H2,1-2H3,(H,23,26)(H,24,25)/t14?,15?,16?,19-,22?/m0/s1. The highest BCUT2D eigenvalue weighted by molar-refractivity contribution is 7.12. The summed E-state index contributed by atoms with van der Waals surface area (Å²) in [6, 6.07) is 2.72. The highest BCUT2D eigenvalue weighted by atomic mass is 32.1. The van der Waals surface area contributed by atoms with E-state index in [1.165, 1.54) is 30.6 Å². The molecule has 1 atom stereocenters. The number of esters is 1. The highest BCUT2D eigenvalue weighted by Gasteiger charge is 2.51. The molecule has 2 amide bonds. The van der Waals surface area contributed by atoms with Gasteiger partial charge in [-0.15, -0.1) is 11.3 Å². The molecule has 158 valence electrons. The van der Waals surface area contributed by atoms with Crippen molar-refractivity contribution in [2.24, 2.45) is 23.7 Å². The van der Waals surface area contributed by atoms with Crippen molar-refractivity contribution >= 4 is 29.1 Å². The Kier molecular flexibility index (Phi) is 5.69. The van der Waals surface area contributed by atoms with Gasteiger partial charge in [0.25, 0.3) is 11.8 Å². The number of amides is 2. The zero-order valence-electron chi connectivity index (χ0n) is 17.1. The monoisotopic (exact) mass is 418 g/mol. The van der Waals surface area contributed by atoms with E-state index < -0.39 is 12.0 Å². The molecule has 1 heterocycles. The first kappa shape index (κ1) is 20.4. The van der Waals surface area contributed by atoms with Crippen molar-refractivity contribution in [1.29, 1.82) is 0 Å². The Morgan fingerprint density at radius 1 is 1.14 bits per heavy atom. The maximum absolute atomic E-state index is 12.6. The van der Waals surface area contributed by atoms with E-state index in [0.717, 1.165) is 37.0 Å². The molecule has 2 N–H and O–H groups in total. The summed E-state index contributed by atoms with van der Waals surface area (Å²) in [5, 5.41) is 7.76. The van der Waals surface area contributed by atoms with Crippen LogP contribution >= 0.6 is 11.3 Å². The zero-order valence-corrected chi connectivity index (χ0v) is 17.9. The molecule has 4 saturated carbocycles. The molecule has 6 nitrogen and oxygen atoms in total. The molecule has 0 unspecified atom stereocenters. The van der Waals surface area contributed by atoms with Gasteiger partial charge in [-0.2, -0.15) is 0 Å². The molecule has 0 aliphatic heterocycles. The van der Waals surface area contributed by atoms with Crippen molar-refractivity contribution in [3.63, 3.8) is 0 Å². The lowest BCUT2D eigenvalue weighted by molar-refractivity contribution is -0.152. The number of ether oxygens (including phenoxy) is 1. The molecule has 4 aliphatic carbocycles. The van der Waals surface area contributed by atoms with Gasteiger partial charge in [0.1, 0.15) is 6.04 Å². The molecule has 4 aliphatic rings. The normalized spacial score (nSPS) is 30.8. The zero-order chi connectivity index (χ0) is 20.6. The van der Waals surface area contributed by atoms with Crippen molar-refractivity contribution in [1.82, 2.24) is 10.6 Å². The SMILES string of the molecule is CC(C)[C@H](NC(=O)c1cccs1)C(=O)OCC(=O)NC12CC3CC(CC(C3)C1)C2. The second kappa shape index (κ2) is 8.09. The van der Waals surface area contributed by atoms with Crippen LogP contribution in [-0.4, -0.2) is 36.0 Å². The van der Waals surface area contributed by atoms with Gasteiger partial charge in [-0.3, -0.25) is 9.59 Å². The maximum atomic E-state index is 12.6. The van der Waals surface area contributed by atoms with E-state index in [4.69, 9.17) is 4.74 Å². The van der Waals surface area contributed by atoms with Crippen LogP contribution in [0.15, 0.2) is 17.5 Å². The summed E-state index contributed by atoms with van der Waals surface area (Å²) in [5.74, 6) is 0.981. The molecule has 1 aromatic rings. The molecule has 5 rings (SSSR count). The van der Waals surface area contributed by atoms with E-state index in [2.05, 4.69) is 10.6 Å². The molecule has 0 radical (unpaired) electrons. The van der Waals surface area contributed by atoms with E-state index >= 15 is 0 Å². The maximum Gasteiger partial charge on any atom is 0.329 e. The summed E-state index contributed by atoms with van der Waals surface area (Å²) in [5.41, 5.74) is -0.0942. The van der Waals surface area contributed by atoms with E-state index in [1.54, 1.807) is 12.1 Å². The third-order valence-electron chi connectivity index (χ3n) is 6.74. The first-order valence-corrected chi connectivity index (χ1v) is 11.5. The summed E-state index contributed by atoms with van der Waals surface area (Å²) < 4.78 is 5.30. The number of thiophene rings is 1. The quantitative estimate of drug-likeness (QED) is 0.667. The number of hydrogen-bond donors (Lipinski definition) is 2. The van der Waals surface area contributed by atoms with Gasteiger partial charge < -0.3 is 15.4 Å². The molecular formula is C22H30N2O4S. The number of nitrogens with one attached hydrogen (secondary N) is 2.